The fourth-order valence-corrected chi connectivity index (χ4v) is 2.01. The van der Waals surface area contributed by atoms with Gasteiger partial charge >= 0.3 is 0 Å². The van der Waals surface area contributed by atoms with Gasteiger partial charge in [0, 0.05) is 12.1 Å². The first-order chi connectivity index (χ1) is 9.56. The number of rotatable bonds is 5. The van der Waals surface area contributed by atoms with E-state index in [0.29, 0.717) is 17.9 Å². The molecular formula is C15H23N3O3. The van der Waals surface area contributed by atoms with Crippen LogP contribution in [0.3, 0.4) is 0 Å². The predicted molar refractivity (Wildman–Crippen MR) is 79.9 cm³/mol. The Balaban J connectivity index is 2.82. The van der Waals surface area contributed by atoms with Gasteiger partial charge in [0.1, 0.15) is 17.4 Å². The number of nitrogens with one attached hydrogen (secondary N) is 1. The Morgan fingerprint density at radius 3 is 2.57 bits per heavy atom. The second-order valence-corrected chi connectivity index (χ2v) is 5.99. The summed E-state index contributed by atoms with van der Waals surface area (Å²) in [6, 6.07) is 1.57. The maximum absolute atomic E-state index is 12.2. The van der Waals surface area contributed by atoms with E-state index < -0.39 is 11.6 Å². The van der Waals surface area contributed by atoms with E-state index in [4.69, 9.17) is 9.68 Å². The van der Waals surface area contributed by atoms with Gasteiger partial charge in [-0.25, -0.2) is 0 Å². The first kappa shape index (κ1) is 17.2. The highest BCUT2D eigenvalue weighted by atomic mass is 16.4. The number of hydrogen-bond acceptors (Lipinski definition) is 5. The van der Waals surface area contributed by atoms with Crippen molar-refractivity contribution in [2.24, 2.45) is 0 Å². The molecule has 0 saturated heterocycles. The molecule has 1 aromatic rings. The van der Waals surface area contributed by atoms with Gasteiger partial charge in [0.05, 0.1) is 11.6 Å². The van der Waals surface area contributed by atoms with Gasteiger partial charge in [0.15, 0.2) is 0 Å². The molecular weight excluding hydrogens is 270 g/mol. The highest BCUT2D eigenvalue weighted by Crippen LogP contribution is 2.25. The van der Waals surface area contributed by atoms with Gasteiger partial charge in [0.25, 0.3) is 0 Å². The molecule has 6 nitrogen and oxygen atoms in total. The molecule has 0 aliphatic heterocycles. The van der Waals surface area contributed by atoms with Crippen molar-refractivity contribution in [3.8, 4) is 6.07 Å². The van der Waals surface area contributed by atoms with Crippen molar-refractivity contribution in [2.75, 3.05) is 18.9 Å². The average Bonchev–Trinajstić information content (AvgIpc) is 2.61. The minimum atomic E-state index is -0.890. The van der Waals surface area contributed by atoms with Crippen molar-refractivity contribution < 1.29 is 14.3 Å². The van der Waals surface area contributed by atoms with E-state index in [0.717, 1.165) is 5.56 Å². The lowest BCUT2D eigenvalue weighted by Gasteiger charge is -2.29. The standard InChI is InChI=1S/C15H23N3O3/c1-9-11(3)21-14(12(9)7-16)17-13(19)10(2)18(6)8-15(4,5)20/h10,20H,8H2,1-6H3,(H,17,19). The molecule has 1 atom stereocenters. The van der Waals surface area contributed by atoms with Crippen LogP contribution in [0.15, 0.2) is 4.42 Å². The van der Waals surface area contributed by atoms with E-state index in [-0.39, 0.29) is 11.8 Å². The molecule has 0 aliphatic carbocycles. The number of hydrogen-bond donors (Lipinski definition) is 2. The third-order valence-corrected chi connectivity index (χ3v) is 3.41. The van der Waals surface area contributed by atoms with Gasteiger partial charge in [-0.2, -0.15) is 5.26 Å². The van der Waals surface area contributed by atoms with Crippen LogP contribution in [-0.2, 0) is 4.79 Å². The van der Waals surface area contributed by atoms with Crippen LogP contribution in [0, 0.1) is 25.2 Å². The van der Waals surface area contributed by atoms with Crippen LogP contribution in [0.25, 0.3) is 0 Å². The van der Waals surface area contributed by atoms with Gasteiger partial charge in [-0.1, -0.05) is 0 Å². The summed E-state index contributed by atoms with van der Waals surface area (Å²) in [5.74, 6) is 0.507. The van der Waals surface area contributed by atoms with E-state index in [1.54, 1.807) is 46.6 Å². The SMILES string of the molecule is Cc1oc(NC(=O)C(C)N(C)CC(C)(C)O)c(C#N)c1C. The van der Waals surface area contributed by atoms with Crippen LogP contribution < -0.4 is 5.32 Å². The van der Waals surface area contributed by atoms with E-state index in [1.165, 1.54) is 0 Å². The topological polar surface area (TPSA) is 89.5 Å². The first-order valence-electron chi connectivity index (χ1n) is 6.80. The van der Waals surface area contributed by atoms with Crippen LogP contribution in [0.1, 0.15) is 37.7 Å². The highest BCUT2D eigenvalue weighted by molar-refractivity contribution is 5.94. The number of furan rings is 1. The van der Waals surface area contributed by atoms with E-state index in [1.807, 2.05) is 6.07 Å². The molecule has 0 bridgehead atoms. The smallest absolute Gasteiger partial charge is 0.243 e. The van der Waals surface area contributed by atoms with Crippen LogP contribution in [0.2, 0.25) is 0 Å². The van der Waals surface area contributed by atoms with Crippen LogP contribution in [0.4, 0.5) is 5.88 Å². The molecule has 0 fully saturated rings. The number of nitrogens with zero attached hydrogens (tertiary/aromatic N) is 2. The Kier molecular flexibility index (Phi) is 5.15. The summed E-state index contributed by atoms with van der Waals surface area (Å²) in [4.78, 5) is 14.0. The summed E-state index contributed by atoms with van der Waals surface area (Å²) in [7, 11) is 1.76. The molecule has 2 N–H and O–H groups in total. The Hall–Kier alpha value is -1.84. The van der Waals surface area contributed by atoms with Gasteiger partial charge < -0.3 is 9.52 Å². The number of aliphatic hydroxyl groups is 1. The molecule has 116 valence electrons. The largest absolute Gasteiger partial charge is 0.444 e. The monoisotopic (exact) mass is 293 g/mol. The zero-order valence-corrected chi connectivity index (χ0v) is 13.4. The van der Waals surface area contributed by atoms with Gasteiger partial charge in [0.2, 0.25) is 11.8 Å². The number of carbonyl (C=O) groups excluding carboxylic acids is 1. The van der Waals surface area contributed by atoms with Crippen molar-refractivity contribution in [2.45, 2.75) is 46.3 Å². The van der Waals surface area contributed by atoms with Crippen LogP contribution in [0.5, 0.6) is 0 Å². The minimum Gasteiger partial charge on any atom is -0.444 e. The first-order valence-corrected chi connectivity index (χ1v) is 6.80. The summed E-state index contributed by atoms with van der Waals surface area (Å²) in [5.41, 5.74) is 0.183. The predicted octanol–water partition coefficient (Wildman–Crippen LogP) is 1.80. The summed E-state index contributed by atoms with van der Waals surface area (Å²) >= 11 is 0. The van der Waals surface area contributed by atoms with Crippen molar-refractivity contribution in [3.05, 3.63) is 16.9 Å². The third-order valence-electron chi connectivity index (χ3n) is 3.41. The molecule has 1 unspecified atom stereocenters. The lowest BCUT2D eigenvalue weighted by molar-refractivity contribution is -0.121. The zero-order chi connectivity index (χ0) is 16.4. The Morgan fingerprint density at radius 2 is 2.10 bits per heavy atom. The second kappa shape index (κ2) is 6.29. The van der Waals surface area contributed by atoms with E-state index in [9.17, 15) is 9.90 Å². The van der Waals surface area contributed by atoms with Gasteiger partial charge in [-0.15, -0.1) is 0 Å². The summed E-state index contributed by atoms with van der Waals surface area (Å²) in [6.07, 6.45) is 0. The molecule has 0 spiro atoms. The number of nitriles is 1. The lowest BCUT2D eigenvalue weighted by atomic mass is 10.1. The fourth-order valence-electron chi connectivity index (χ4n) is 2.01. The van der Waals surface area contributed by atoms with E-state index >= 15 is 0 Å². The molecule has 1 amide bonds. The number of carbonyl (C=O) groups is 1. The summed E-state index contributed by atoms with van der Waals surface area (Å²) in [5, 5.41) is 21.6. The maximum atomic E-state index is 12.2. The van der Waals surface area contributed by atoms with Gasteiger partial charge in [-0.3, -0.25) is 15.0 Å². The zero-order valence-electron chi connectivity index (χ0n) is 13.4. The molecule has 1 heterocycles. The molecule has 6 heteroatoms. The quantitative estimate of drug-likeness (QED) is 0.864. The molecule has 0 saturated carbocycles. The molecule has 0 aliphatic rings. The minimum absolute atomic E-state index is 0.181. The average molecular weight is 293 g/mol. The summed E-state index contributed by atoms with van der Waals surface area (Å²) in [6.45, 7) is 8.97. The Morgan fingerprint density at radius 1 is 1.52 bits per heavy atom. The van der Waals surface area contributed by atoms with Crippen molar-refractivity contribution in [3.63, 3.8) is 0 Å². The number of aryl methyl sites for hydroxylation is 1. The number of likely N-dealkylation sites (N-methyl/N-ethyl adjacent to an activating group) is 1. The van der Waals surface area contributed by atoms with Crippen LogP contribution in [-0.4, -0.2) is 41.1 Å². The summed E-state index contributed by atoms with van der Waals surface area (Å²) < 4.78 is 5.42. The molecule has 0 aromatic carbocycles. The highest BCUT2D eigenvalue weighted by Gasteiger charge is 2.25. The Labute approximate surface area is 125 Å². The van der Waals surface area contributed by atoms with E-state index in [2.05, 4.69) is 5.32 Å². The third kappa shape index (κ3) is 4.31. The Bertz CT molecular complexity index is 564. The van der Waals surface area contributed by atoms with Crippen molar-refractivity contribution in [1.82, 2.24) is 4.90 Å². The lowest BCUT2D eigenvalue weighted by Crippen LogP contribution is -2.46. The molecule has 1 aromatic heterocycles. The molecule has 0 radical (unpaired) electrons. The van der Waals surface area contributed by atoms with Crippen molar-refractivity contribution in [1.29, 1.82) is 5.26 Å². The number of amides is 1. The number of anilines is 1. The molecule has 21 heavy (non-hydrogen) atoms. The normalized spacial score (nSPS) is 13.1. The molecule has 1 rings (SSSR count). The van der Waals surface area contributed by atoms with Gasteiger partial charge in [-0.05, 0) is 41.7 Å². The maximum Gasteiger partial charge on any atom is 0.243 e. The van der Waals surface area contributed by atoms with Crippen molar-refractivity contribution >= 4 is 11.8 Å². The second-order valence-electron chi connectivity index (χ2n) is 5.99. The van der Waals surface area contributed by atoms with Crippen LogP contribution >= 0.6 is 0 Å². The fraction of sp³-hybridized carbons (Fsp3) is 0.600.